The molecule has 2 amide bonds. The fourth-order valence-corrected chi connectivity index (χ4v) is 4.01. The van der Waals surface area contributed by atoms with Gasteiger partial charge < -0.3 is 31.2 Å². The molecule has 0 spiro atoms. The van der Waals surface area contributed by atoms with E-state index >= 15 is 0 Å². The molecule has 1 saturated carbocycles. The minimum Gasteiger partial charge on any atom is -0.491 e. The minimum atomic E-state index is -0.808. The number of carbonyl (C=O) groups is 2. The van der Waals surface area contributed by atoms with E-state index in [0.717, 1.165) is 18.9 Å². The highest BCUT2D eigenvalue weighted by molar-refractivity contribution is 5.98. The third-order valence-corrected chi connectivity index (χ3v) is 5.52. The lowest BCUT2D eigenvalue weighted by atomic mass is 9.90. The Hall–Kier alpha value is -3.56. The van der Waals surface area contributed by atoms with Crippen molar-refractivity contribution >= 4 is 29.3 Å². The van der Waals surface area contributed by atoms with E-state index in [1.165, 1.54) is 0 Å². The molecule has 1 fully saturated rings. The Bertz CT molecular complexity index is 1070. The summed E-state index contributed by atoms with van der Waals surface area (Å²) in [6, 6.07) is 7.62. The normalized spacial score (nSPS) is 17.9. The lowest BCUT2D eigenvalue weighted by Gasteiger charge is -2.34. The Morgan fingerprint density at radius 3 is 2.31 bits per heavy atom. The molecule has 0 aliphatic heterocycles. The first kappa shape index (κ1) is 27.0. The first-order valence-corrected chi connectivity index (χ1v) is 12.2. The van der Waals surface area contributed by atoms with Gasteiger partial charge in [0.25, 0.3) is 5.91 Å². The first-order chi connectivity index (χ1) is 16.9. The van der Waals surface area contributed by atoms with Crippen LogP contribution in [0.2, 0.25) is 0 Å². The van der Waals surface area contributed by atoms with Crippen molar-refractivity contribution in [1.29, 1.82) is 0 Å². The fourth-order valence-electron chi connectivity index (χ4n) is 4.01. The van der Waals surface area contributed by atoms with Crippen LogP contribution in [-0.4, -0.2) is 40.8 Å². The largest absolute Gasteiger partial charge is 0.491 e. The number of aromatic nitrogens is 1. The third kappa shape index (κ3) is 7.73. The lowest BCUT2D eigenvalue weighted by molar-refractivity contribution is 0.0488. The second-order valence-corrected chi connectivity index (χ2v) is 10.2. The number of nitrogens with one attached hydrogen (secondary N) is 3. The number of nitrogens with two attached hydrogens (primary N) is 1. The molecule has 196 valence electrons. The highest BCUT2D eigenvalue weighted by Gasteiger charge is 2.30. The van der Waals surface area contributed by atoms with Gasteiger partial charge in [-0.05, 0) is 77.8 Å². The summed E-state index contributed by atoms with van der Waals surface area (Å²) in [5, 5.41) is 9.06. The van der Waals surface area contributed by atoms with Crippen LogP contribution in [0, 0.1) is 5.82 Å². The zero-order valence-electron chi connectivity index (χ0n) is 21.5. The second kappa shape index (κ2) is 11.5. The van der Waals surface area contributed by atoms with E-state index in [1.807, 2.05) is 13.8 Å². The maximum absolute atomic E-state index is 15.0. The van der Waals surface area contributed by atoms with E-state index in [9.17, 15) is 14.0 Å². The van der Waals surface area contributed by atoms with Crippen LogP contribution < -0.4 is 26.4 Å². The monoisotopic (exact) mass is 501 g/mol. The SMILES string of the molecule is CC(C)Oc1ccc(Nc2nc(N[C@@H]3CCCC[C@@H]3NC(=O)OC(C)(C)C)c(F)cc2C(N)=O)cc1. The lowest BCUT2D eigenvalue weighted by Crippen LogP contribution is -2.50. The number of pyridine rings is 1. The maximum Gasteiger partial charge on any atom is 0.407 e. The maximum atomic E-state index is 15.0. The highest BCUT2D eigenvalue weighted by Crippen LogP contribution is 2.28. The van der Waals surface area contributed by atoms with Crippen LogP contribution in [0.5, 0.6) is 5.75 Å². The number of ether oxygens (including phenoxy) is 2. The van der Waals surface area contributed by atoms with Crippen molar-refractivity contribution in [3.8, 4) is 5.75 Å². The van der Waals surface area contributed by atoms with Gasteiger partial charge in [-0.2, -0.15) is 0 Å². The topological polar surface area (TPSA) is 128 Å². The van der Waals surface area contributed by atoms with E-state index in [0.29, 0.717) is 24.3 Å². The van der Waals surface area contributed by atoms with Crippen molar-refractivity contribution in [2.24, 2.45) is 5.73 Å². The number of hydrogen-bond acceptors (Lipinski definition) is 7. The molecule has 5 N–H and O–H groups in total. The van der Waals surface area contributed by atoms with Crippen LogP contribution >= 0.6 is 0 Å². The van der Waals surface area contributed by atoms with Gasteiger partial charge in [0.15, 0.2) is 11.6 Å². The van der Waals surface area contributed by atoms with Crippen molar-refractivity contribution in [2.75, 3.05) is 10.6 Å². The number of carbonyl (C=O) groups excluding carboxylic acids is 2. The number of nitrogens with zero attached hydrogens (tertiary/aromatic N) is 1. The van der Waals surface area contributed by atoms with Gasteiger partial charge in [0.05, 0.1) is 17.7 Å². The average molecular weight is 502 g/mol. The van der Waals surface area contributed by atoms with Crippen molar-refractivity contribution in [2.45, 2.75) is 84.1 Å². The molecule has 2 atom stereocenters. The summed E-state index contributed by atoms with van der Waals surface area (Å²) in [7, 11) is 0. The van der Waals surface area contributed by atoms with Crippen LogP contribution in [-0.2, 0) is 4.74 Å². The highest BCUT2D eigenvalue weighted by atomic mass is 19.1. The van der Waals surface area contributed by atoms with Gasteiger partial charge in [-0.1, -0.05) is 12.8 Å². The number of primary amides is 1. The van der Waals surface area contributed by atoms with Crippen molar-refractivity contribution < 1.29 is 23.5 Å². The number of benzene rings is 1. The fraction of sp³-hybridized carbons (Fsp3) is 0.500. The van der Waals surface area contributed by atoms with E-state index in [2.05, 4.69) is 20.9 Å². The summed E-state index contributed by atoms with van der Waals surface area (Å²) in [6.45, 7) is 9.25. The van der Waals surface area contributed by atoms with Crippen molar-refractivity contribution in [3.63, 3.8) is 0 Å². The van der Waals surface area contributed by atoms with Crippen molar-refractivity contribution in [1.82, 2.24) is 10.3 Å². The molecule has 0 unspecified atom stereocenters. The van der Waals surface area contributed by atoms with Gasteiger partial charge in [0.2, 0.25) is 0 Å². The quantitative estimate of drug-likeness (QED) is 0.396. The standard InChI is InChI=1S/C26H36FN5O4/c1-15(2)35-17-12-10-16(11-13-17)29-23-18(22(28)33)14-19(27)24(32-23)30-20-8-6-7-9-21(20)31-25(34)36-26(3,4)5/h10-15,20-21H,6-9H2,1-5H3,(H2,28,33)(H,31,34)(H2,29,30,32)/t20-,21+/m1/s1. The van der Waals surface area contributed by atoms with Crippen LogP contribution in [0.1, 0.15) is 70.7 Å². The molecule has 10 heteroatoms. The van der Waals surface area contributed by atoms with Gasteiger partial charge >= 0.3 is 6.09 Å². The molecule has 1 aromatic heterocycles. The molecule has 0 saturated heterocycles. The molecule has 1 heterocycles. The van der Waals surface area contributed by atoms with Gasteiger partial charge in [0.1, 0.15) is 17.2 Å². The summed E-state index contributed by atoms with van der Waals surface area (Å²) in [4.78, 5) is 28.7. The number of hydrogen-bond donors (Lipinski definition) is 4. The number of amides is 2. The Morgan fingerprint density at radius 2 is 1.72 bits per heavy atom. The number of rotatable bonds is 8. The smallest absolute Gasteiger partial charge is 0.407 e. The summed E-state index contributed by atoms with van der Waals surface area (Å²) in [5.74, 6) is -0.739. The molecule has 9 nitrogen and oxygen atoms in total. The molecule has 2 aromatic rings. The average Bonchev–Trinajstić information content (AvgIpc) is 2.76. The van der Waals surface area contributed by atoms with Gasteiger partial charge in [0, 0.05) is 11.7 Å². The molecular weight excluding hydrogens is 465 g/mol. The van der Waals surface area contributed by atoms with Crippen LogP contribution in [0.15, 0.2) is 30.3 Å². The molecule has 1 aromatic carbocycles. The van der Waals surface area contributed by atoms with Crippen LogP contribution in [0.4, 0.5) is 26.5 Å². The Kier molecular flexibility index (Phi) is 8.60. The Balaban J connectivity index is 1.81. The molecule has 1 aliphatic carbocycles. The van der Waals surface area contributed by atoms with Crippen molar-refractivity contribution in [3.05, 3.63) is 41.7 Å². The number of halogens is 1. The minimum absolute atomic E-state index is 0.0334. The summed E-state index contributed by atoms with van der Waals surface area (Å²) in [5.41, 5.74) is 5.41. The third-order valence-electron chi connectivity index (χ3n) is 5.52. The summed E-state index contributed by atoms with van der Waals surface area (Å²) < 4.78 is 26.0. The van der Waals surface area contributed by atoms with E-state index in [-0.39, 0.29) is 35.4 Å². The predicted molar refractivity (Wildman–Crippen MR) is 137 cm³/mol. The first-order valence-electron chi connectivity index (χ1n) is 12.2. The number of alkyl carbamates (subject to hydrolysis) is 1. The summed E-state index contributed by atoms with van der Waals surface area (Å²) in [6.07, 6.45) is 2.78. The molecule has 36 heavy (non-hydrogen) atoms. The predicted octanol–water partition coefficient (Wildman–Crippen LogP) is 5.10. The van der Waals surface area contributed by atoms with Gasteiger partial charge in [-0.3, -0.25) is 4.79 Å². The Labute approximate surface area is 211 Å². The molecule has 3 rings (SSSR count). The number of anilines is 3. The summed E-state index contributed by atoms with van der Waals surface area (Å²) >= 11 is 0. The van der Waals surface area contributed by atoms with E-state index in [1.54, 1.807) is 45.0 Å². The molecule has 1 aliphatic rings. The Morgan fingerprint density at radius 1 is 1.08 bits per heavy atom. The van der Waals surface area contributed by atoms with Crippen LogP contribution in [0.25, 0.3) is 0 Å². The van der Waals surface area contributed by atoms with E-state index in [4.69, 9.17) is 15.2 Å². The van der Waals surface area contributed by atoms with Crippen LogP contribution in [0.3, 0.4) is 0 Å². The van der Waals surface area contributed by atoms with E-state index < -0.39 is 23.4 Å². The molecule has 0 bridgehead atoms. The molecule has 0 radical (unpaired) electrons. The zero-order valence-corrected chi connectivity index (χ0v) is 21.5. The second-order valence-electron chi connectivity index (χ2n) is 10.2. The van der Waals surface area contributed by atoms with Gasteiger partial charge in [-0.25, -0.2) is 14.2 Å². The van der Waals surface area contributed by atoms with Gasteiger partial charge in [-0.15, -0.1) is 0 Å². The zero-order chi connectivity index (χ0) is 26.5. The molecular formula is C26H36FN5O4.